The molecule has 1 N–H and O–H groups in total. The van der Waals surface area contributed by atoms with Gasteiger partial charge in [-0.2, -0.15) is 0 Å². The van der Waals surface area contributed by atoms with E-state index in [0.29, 0.717) is 12.3 Å². The van der Waals surface area contributed by atoms with E-state index in [1.165, 1.54) is 25.7 Å². The number of nitrogens with one attached hydrogen (secondary N) is 1. The van der Waals surface area contributed by atoms with Gasteiger partial charge >= 0.3 is 0 Å². The van der Waals surface area contributed by atoms with Crippen LogP contribution in [0, 0.1) is 5.92 Å². The van der Waals surface area contributed by atoms with Crippen molar-refractivity contribution in [1.82, 2.24) is 4.72 Å². The molecule has 1 atom stereocenters. The van der Waals surface area contributed by atoms with Crippen molar-refractivity contribution >= 4 is 10.0 Å². The highest BCUT2D eigenvalue weighted by Gasteiger charge is 2.24. The Hall–Kier alpha value is -0.0900. The van der Waals surface area contributed by atoms with Crippen molar-refractivity contribution in [3.05, 3.63) is 0 Å². The molecule has 1 saturated carbocycles. The van der Waals surface area contributed by atoms with Gasteiger partial charge < -0.3 is 0 Å². The van der Waals surface area contributed by atoms with Crippen molar-refractivity contribution < 1.29 is 8.42 Å². The molecule has 84 valence electrons. The zero-order valence-corrected chi connectivity index (χ0v) is 9.94. The second-order valence-corrected chi connectivity index (χ2v) is 6.14. The van der Waals surface area contributed by atoms with Crippen LogP contribution in [-0.4, -0.2) is 20.2 Å². The molecular weight excluding hydrogens is 198 g/mol. The molecule has 4 heteroatoms. The molecule has 0 bridgehead atoms. The first kappa shape index (κ1) is 12.0. The summed E-state index contributed by atoms with van der Waals surface area (Å²) in [5, 5.41) is 0. The molecule has 3 nitrogen and oxygen atoms in total. The molecule has 0 radical (unpaired) electrons. The molecule has 0 aromatic rings. The predicted molar refractivity (Wildman–Crippen MR) is 58.6 cm³/mol. The van der Waals surface area contributed by atoms with Crippen LogP contribution in [0.2, 0.25) is 0 Å². The first-order valence-corrected chi connectivity index (χ1v) is 7.20. The molecule has 0 aromatic heterocycles. The molecular formula is C10H21NO2S. The summed E-state index contributed by atoms with van der Waals surface area (Å²) < 4.78 is 25.7. The summed E-state index contributed by atoms with van der Waals surface area (Å²) in [6.07, 6.45) is 5.55. The third-order valence-corrected chi connectivity index (χ3v) is 4.62. The third kappa shape index (κ3) is 3.58. The Kier molecular flexibility index (Phi) is 4.38. The molecule has 0 heterocycles. The average molecular weight is 219 g/mol. The summed E-state index contributed by atoms with van der Waals surface area (Å²) in [6, 6.07) is 0.119. The Morgan fingerprint density at radius 1 is 1.36 bits per heavy atom. The third-order valence-electron chi connectivity index (χ3n) is 2.95. The summed E-state index contributed by atoms with van der Waals surface area (Å²) in [5.41, 5.74) is 0. The fraction of sp³-hybridized carbons (Fsp3) is 1.00. The van der Waals surface area contributed by atoms with E-state index in [9.17, 15) is 8.42 Å². The van der Waals surface area contributed by atoms with Gasteiger partial charge in [-0.15, -0.1) is 0 Å². The Labute approximate surface area is 87.3 Å². The Morgan fingerprint density at radius 3 is 2.43 bits per heavy atom. The molecule has 0 saturated heterocycles. The van der Waals surface area contributed by atoms with Gasteiger partial charge in [0.25, 0.3) is 0 Å². The van der Waals surface area contributed by atoms with E-state index < -0.39 is 10.0 Å². The van der Waals surface area contributed by atoms with Crippen molar-refractivity contribution in [3.8, 4) is 0 Å². The van der Waals surface area contributed by atoms with E-state index >= 15 is 0 Å². The van der Waals surface area contributed by atoms with Gasteiger partial charge in [0.15, 0.2) is 0 Å². The Balaban J connectivity index is 2.42. The maximum atomic E-state index is 11.5. The zero-order valence-electron chi connectivity index (χ0n) is 9.12. The highest BCUT2D eigenvalue weighted by molar-refractivity contribution is 7.89. The van der Waals surface area contributed by atoms with Crippen LogP contribution in [0.4, 0.5) is 0 Å². The van der Waals surface area contributed by atoms with Crippen LogP contribution in [0.5, 0.6) is 0 Å². The SMILES string of the molecule is CCCS(=O)(=O)N[C@H](C)C1CCCC1. The van der Waals surface area contributed by atoms with E-state index in [1.807, 2.05) is 13.8 Å². The zero-order chi connectivity index (χ0) is 10.6. The summed E-state index contributed by atoms with van der Waals surface area (Å²) in [6.45, 7) is 3.88. The van der Waals surface area contributed by atoms with Gasteiger partial charge in [0.1, 0.15) is 0 Å². The Bertz CT molecular complexity index is 255. The lowest BCUT2D eigenvalue weighted by Gasteiger charge is -2.19. The van der Waals surface area contributed by atoms with Crippen LogP contribution in [0.15, 0.2) is 0 Å². The summed E-state index contributed by atoms with van der Waals surface area (Å²) in [7, 11) is -3.02. The topological polar surface area (TPSA) is 46.2 Å². The lowest BCUT2D eigenvalue weighted by molar-refractivity contribution is 0.424. The molecule has 1 aliphatic rings. The summed E-state index contributed by atoms with van der Waals surface area (Å²) in [5.74, 6) is 0.811. The van der Waals surface area contributed by atoms with Gasteiger partial charge in [-0.05, 0) is 32.1 Å². The van der Waals surface area contributed by atoms with E-state index in [2.05, 4.69) is 4.72 Å². The minimum atomic E-state index is -3.02. The number of hydrogen-bond acceptors (Lipinski definition) is 2. The molecule has 0 spiro atoms. The highest BCUT2D eigenvalue weighted by Crippen LogP contribution is 2.27. The average Bonchev–Trinajstić information content (AvgIpc) is 2.53. The normalized spacial score (nSPS) is 21.3. The monoisotopic (exact) mass is 219 g/mol. The first-order valence-electron chi connectivity index (χ1n) is 5.55. The standard InChI is InChI=1S/C10H21NO2S/c1-3-8-14(12,13)11-9(2)10-6-4-5-7-10/h9-11H,3-8H2,1-2H3/t9-/m1/s1. The fourth-order valence-electron chi connectivity index (χ4n) is 2.16. The lowest BCUT2D eigenvalue weighted by Crippen LogP contribution is -2.38. The lowest BCUT2D eigenvalue weighted by atomic mass is 10.0. The highest BCUT2D eigenvalue weighted by atomic mass is 32.2. The van der Waals surface area contributed by atoms with Crippen molar-refractivity contribution in [2.75, 3.05) is 5.75 Å². The van der Waals surface area contributed by atoms with Gasteiger partial charge in [0.2, 0.25) is 10.0 Å². The molecule has 0 amide bonds. The second-order valence-electron chi connectivity index (χ2n) is 4.27. The van der Waals surface area contributed by atoms with Gasteiger partial charge in [0, 0.05) is 6.04 Å². The van der Waals surface area contributed by atoms with Crippen LogP contribution >= 0.6 is 0 Å². The smallest absolute Gasteiger partial charge is 0.211 e. The second kappa shape index (κ2) is 5.12. The summed E-state index contributed by atoms with van der Waals surface area (Å²) >= 11 is 0. The van der Waals surface area contributed by atoms with E-state index in [-0.39, 0.29) is 11.8 Å². The molecule has 14 heavy (non-hydrogen) atoms. The minimum absolute atomic E-state index is 0.119. The Morgan fingerprint density at radius 2 is 1.93 bits per heavy atom. The maximum Gasteiger partial charge on any atom is 0.211 e. The molecule has 1 aliphatic carbocycles. The predicted octanol–water partition coefficient (Wildman–Crippen LogP) is 1.89. The van der Waals surface area contributed by atoms with E-state index in [4.69, 9.17) is 0 Å². The van der Waals surface area contributed by atoms with E-state index in [0.717, 1.165) is 0 Å². The number of rotatable bonds is 5. The van der Waals surface area contributed by atoms with Gasteiger partial charge in [0.05, 0.1) is 5.75 Å². The van der Waals surface area contributed by atoms with Crippen LogP contribution < -0.4 is 4.72 Å². The molecule has 0 aliphatic heterocycles. The van der Waals surface area contributed by atoms with Crippen molar-refractivity contribution in [2.24, 2.45) is 5.92 Å². The largest absolute Gasteiger partial charge is 0.212 e. The first-order chi connectivity index (χ1) is 6.55. The van der Waals surface area contributed by atoms with Crippen molar-refractivity contribution in [3.63, 3.8) is 0 Å². The molecule has 1 fully saturated rings. The van der Waals surface area contributed by atoms with E-state index in [1.54, 1.807) is 0 Å². The van der Waals surface area contributed by atoms with Crippen LogP contribution in [0.3, 0.4) is 0 Å². The maximum absolute atomic E-state index is 11.5. The van der Waals surface area contributed by atoms with Gasteiger partial charge in [-0.25, -0.2) is 13.1 Å². The van der Waals surface area contributed by atoms with Crippen LogP contribution in [0.1, 0.15) is 46.0 Å². The number of sulfonamides is 1. The van der Waals surface area contributed by atoms with Crippen LogP contribution in [-0.2, 0) is 10.0 Å². The van der Waals surface area contributed by atoms with Gasteiger partial charge in [-0.3, -0.25) is 0 Å². The summed E-state index contributed by atoms with van der Waals surface area (Å²) in [4.78, 5) is 0. The van der Waals surface area contributed by atoms with Gasteiger partial charge in [-0.1, -0.05) is 19.8 Å². The van der Waals surface area contributed by atoms with Crippen molar-refractivity contribution in [1.29, 1.82) is 0 Å². The molecule has 0 unspecified atom stereocenters. The van der Waals surface area contributed by atoms with Crippen molar-refractivity contribution in [2.45, 2.75) is 52.0 Å². The fourth-order valence-corrected chi connectivity index (χ4v) is 3.58. The number of hydrogen-bond donors (Lipinski definition) is 1. The molecule has 0 aromatic carbocycles. The van der Waals surface area contributed by atoms with Crippen LogP contribution in [0.25, 0.3) is 0 Å². The molecule has 1 rings (SSSR count). The quantitative estimate of drug-likeness (QED) is 0.767. The minimum Gasteiger partial charge on any atom is -0.212 e.